The van der Waals surface area contributed by atoms with Crippen molar-refractivity contribution in [3.05, 3.63) is 27.6 Å². The first-order valence-corrected chi connectivity index (χ1v) is 7.57. The first kappa shape index (κ1) is 18.2. The molecule has 1 saturated heterocycles. The molecule has 3 rings (SSSR count). The van der Waals surface area contributed by atoms with Crippen molar-refractivity contribution < 1.29 is 55.6 Å². The summed E-state index contributed by atoms with van der Waals surface area (Å²) < 4.78 is 0. The van der Waals surface area contributed by atoms with Gasteiger partial charge in [0.05, 0.1) is 22.9 Å². The van der Waals surface area contributed by atoms with Gasteiger partial charge in [0.1, 0.15) is 5.70 Å². The molecule has 2 aliphatic rings. The van der Waals surface area contributed by atoms with E-state index in [-0.39, 0.29) is 48.6 Å². The number of β-lactam (4-membered cyclic amide) rings is 1. The summed E-state index contributed by atoms with van der Waals surface area (Å²) in [5.74, 6) is -2.73. The number of fused-ring (bicyclic) bond motifs is 1. The number of aliphatic hydroxyl groups excluding tert-OH is 1. The Morgan fingerprint density at radius 1 is 1.52 bits per heavy atom. The SMILES string of the molecule is C[C@@H](O)[C@H]1C(=O)N2C(C(=O)O)=C(c3csc(C(N)=O)c3)C[C@H]12.[H-].[Na+]. The van der Waals surface area contributed by atoms with Gasteiger partial charge in [-0.15, -0.1) is 11.3 Å². The number of hydrogen-bond donors (Lipinski definition) is 3. The van der Waals surface area contributed by atoms with Crippen LogP contribution >= 0.6 is 11.3 Å². The average molecular weight is 346 g/mol. The summed E-state index contributed by atoms with van der Waals surface area (Å²) in [6.07, 6.45) is -0.482. The predicted molar refractivity (Wildman–Crippen MR) is 78.9 cm³/mol. The van der Waals surface area contributed by atoms with Crippen molar-refractivity contribution in [1.29, 1.82) is 0 Å². The van der Waals surface area contributed by atoms with Crippen molar-refractivity contribution in [3.63, 3.8) is 0 Å². The van der Waals surface area contributed by atoms with E-state index < -0.39 is 23.9 Å². The second kappa shape index (κ2) is 6.37. The molecule has 0 unspecified atom stereocenters. The standard InChI is InChI=1S/C14H14N2O5S.Na.H/c1-5(17)10-8-3-7(6-2-9(12(15)18)22-4-6)11(14(20)21)16(8)13(10)19;;/h2,4-5,8,10,17H,3H2,1H3,(H2,15,18)(H,20,21);;/q;+1;-1/t5-,8-,10-;;/m1../s1. The normalized spacial score (nSPS) is 23.9. The van der Waals surface area contributed by atoms with Crippen LogP contribution in [0.5, 0.6) is 0 Å². The zero-order valence-corrected chi connectivity index (χ0v) is 15.5. The number of nitrogens with zero attached hydrogens (tertiary/aromatic N) is 1. The Kier molecular flexibility index (Phi) is 5.03. The van der Waals surface area contributed by atoms with Crippen LogP contribution in [0.1, 0.15) is 30.0 Å². The van der Waals surface area contributed by atoms with Crippen molar-refractivity contribution in [1.82, 2.24) is 4.90 Å². The monoisotopic (exact) mass is 346 g/mol. The molecule has 0 aliphatic carbocycles. The molecule has 23 heavy (non-hydrogen) atoms. The van der Waals surface area contributed by atoms with Gasteiger partial charge in [-0.05, 0) is 35.9 Å². The molecule has 0 bridgehead atoms. The Hall–Kier alpha value is -1.19. The van der Waals surface area contributed by atoms with Crippen LogP contribution < -0.4 is 35.3 Å². The molecule has 0 saturated carbocycles. The third kappa shape index (κ3) is 2.74. The molecular weight excluding hydrogens is 331 g/mol. The zero-order chi connectivity index (χ0) is 16.2. The summed E-state index contributed by atoms with van der Waals surface area (Å²) >= 11 is 1.13. The van der Waals surface area contributed by atoms with E-state index in [2.05, 4.69) is 0 Å². The smallest absolute Gasteiger partial charge is 1.00 e. The summed E-state index contributed by atoms with van der Waals surface area (Å²) in [4.78, 5) is 36.4. The predicted octanol–water partition coefficient (Wildman–Crippen LogP) is -2.63. The Balaban J connectivity index is 0.00000144. The number of rotatable bonds is 4. The molecule has 118 valence electrons. The fourth-order valence-corrected chi connectivity index (χ4v) is 3.93. The second-order valence-electron chi connectivity index (χ2n) is 5.44. The molecular formula is C14H15N2NaO5S. The van der Waals surface area contributed by atoms with Gasteiger partial charge in [-0.2, -0.15) is 0 Å². The van der Waals surface area contributed by atoms with Crippen LogP contribution in [0.4, 0.5) is 0 Å². The number of carbonyl (C=O) groups excluding carboxylic acids is 2. The maximum atomic E-state index is 12.1. The number of carboxylic acid groups (broad SMARTS) is 1. The molecule has 1 aromatic heterocycles. The number of thiophene rings is 1. The maximum Gasteiger partial charge on any atom is 1.00 e. The molecule has 1 aromatic rings. The largest absolute Gasteiger partial charge is 1.00 e. The van der Waals surface area contributed by atoms with Gasteiger partial charge in [0.15, 0.2) is 0 Å². The van der Waals surface area contributed by atoms with Crippen molar-refractivity contribution in [3.8, 4) is 0 Å². The van der Waals surface area contributed by atoms with Gasteiger partial charge in [-0.1, -0.05) is 0 Å². The minimum absolute atomic E-state index is 0. The van der Waals surface area contributed by atoms with Crippen LogP contribution in [0.25, 0.3) is 5.57 Å². The summed E-state index contributed by atoms with van der Waals surface area (Å²) in [6.45, 7) is 1.52. The van der Waals surface area contributed by atoms with E-state index in [0.717, 1.165) is 11.3 Å². The molecule has 2 amide bonds. The number of carbonyl (C=O) groups is 3. The third-order valence-electron chi connectivity index (χ3n) is 4.12. The molecule has 4 N–H and O–H groups in total. The quantitative estimate of drug-likeness (QED) is 0.407. The van der Waals surface area contributed by atoms with E-state index in [0.29, 0.717) is 22.4 Å². The minimum Gasteiger partial charge on any atom is -1.00 e. The van der Waals surface area contributed by atoms with Gasteiger partial charge >= 0.3 is 35.5 Å². The first-order chi connectivity index (χ1) is 10.3. The van der Waals surface area contributed by atoms with E-state index in [1.165, 1.54) is 11.8 Å². The van der Waals surface area contributed by atoms with Crippen LogP contribution in [0.2, 0.25) is 0 Å². The van der Waals surface area contributed by atoms with Gasteiger partial charge in [0, 0.05) is 0 Å². The number of aliphatic carboxylic acids is 1. The van der Waals surface area contributed by atoms with Gasteiger partial charge in [-0.3, -0.25) is 9.59 Å². The molecule has 0 aromatic carbocycles. The van der Waals surface area contributed by atoms with Crippen molar-refractivity contribution in [2.45, 2.75) is 25.5 Å². The van der Waals surface area contributed by atoms with Crippen molar-refractivity contribution >= 4 is 34.7 Å². The van der Waals surface area contributed by atoms with Crippen molar-refractivity contribution in [2.75, 3.05) is 0 Å². The summed E-state index contributed by atoms with van der Waals surface area (Å²) in [6, 6.07) is 1.20. The molecule has 9 heteroatoms. The van der Waals surface area contributed by atoms with Gasteiger partial charge in [-0.25, -0.2) is 4.79 Å². The first-order valence-electron chi connectivity index (χ1n) is 6.69. The molecule has 0 spiro atoms. The van der Waals surface area contributed by atoms with Crippen LogP contribution in [-0.2, 0) is 9.59 Å². The van der Waals surface area contributed by atoms with E-state index in [4.69, 9.17) is 5.73 Å². The fraction of sp³-hybridized carbons (Fsp3) is 0.357. The van der Waals surface area contributed by atoms with E-state index in [9.17, 15) is 24.6 Å². The molecule has 7 nitrogen and oxygen atoms in total. The minimum atomic E-state index is -1.19. The molecule has 2 aliphatic heterocycles. The molecule has 1 fully saturated rings. The number of amides is 2. The number of primary amides is 1. The van der Waals surface area contributed by atoms with E-state index in [1.54, 1.807) is 11.4 Å². The average Bonchev–Trinajstić information content (AvgIpc) is 2.99. The number of aliphatic hydroxyl groups is 1. The Labute approximate surface area is 159 Å². The van der Waals surface area contributed by atoms with Gasteiger partial charge in [0.25, 0.3) is 5.91 Å². The van der Waals surface area contributed by atoms with Gasteiger partial charge < -0.3 is 22.3 Å². The molecule has 3 heterocycles. The van der Waals surface area contributed by atoms with Crippen LogP contribution in [-0.4, -0.2) is 45.0 Å². The van der Waals surface area contributed by atoms with E-state index >= 15 is 0 Å². The number of hydrogen-bond acceptors (Lipinski definition) is 5. The van der Waals surface area contributed by atoms with Crippen LogP contribution in [0, 0.1) is 5.92 Å². The molecule has 0 radical (unpaired) electrons. The Morgan fingerprint density at radius 3 is 2.65 bits per heavy atom. The number of carboxylic acids is 1. The van der Waals surface area contributed by atoms with E-state index in [1.807, 2.05) is 0 Å². The fourth-order valence-electron chi connectivity index (χ4n) is 3.15. The van der Waals surface area contributed by atoms with Crippen LogP contribution in [0.15, 0.2) is 17.1 Å². The zero-order valence-electron chi connectivity index (χ0n) is 13.6. The summed E-state index contributed by atoms with van der Waals surface area (Å²) in [5.41, 5.74) is 6.23. The molecule has 3 atom stereocenters. The topological polar surface area (TPSA) is 121 Å². The third-order valence-corrected chi connectivity index (χ3v) is 5.07. The number of nitrogens with two attached hydrogens (primary N) is 1. The van der Waals surface area contributed by atoms with Gasteiger partial charge in [0.2, 0.25) is 5.91 Å². The van der Waals surface area contributed by atoms with Crippen LogP contribution in [0.3, 0.4) is 0 Å². The Bertz CT molecular complexity index is 733. The maximum absolute atomic E-state index is 12.1. The summed E-state index contributed by atoms with van der Waals surface area (Å²) in [5, 5.41) is 20.8. The Morgan fingerprint density at radius 2 is 2.17 bits per heavy atom. The second-order valence-corrected chi connectivity index (χ2v) is 6.35. The van der Waals surface area contributed by atoms with Crippen molar-refractivity contribution in [2.24, 2.45) is 11.7 Å². The summed E-state index contributed by atoms with van der Waals surface area (Å²) in [7, 11) is 0.